The molecule has 1 heterocycles. The van der Waals surface area contributed by atoms with Gasteiger partial charge in [-0.05, 0) is 25.0 Å². The van der Waals surface area contributed by atoms with Gasteiger partial charge in [-0.15, -0.1) is 0 Å². The number of para-hydroxylation sites is 1. The van der Waals surface area contributed by atoms with Crippen molar-refractivity contribution in [1.82, 2.24) is 4.98 Å². The third-order valence-corrected chi connectivity index (χ3v) is 3.45. The summed E-state index contributed by atoms with van der Waals surface area (Å²) >= 11 is 0. The van der Waals surface area contributed by atoms with Gasteiger partial charge in [-0.3, -0.25) is 9.78 Å². The van der Waals surface area contributed by atoms with Gasteiger partial charge in [0, 0.05) is 17.1 Å². The summed E-state index contributed by atoms with van der Waals surface area (Å²) in [6.07, 6.45) is 2.37. The molecule has 2 aromatic rings. The Kier molecular flexibility index (Phi) is 3.43. The van der Waals surface area contributed by atoms with Crippen molar-refractivity contribution in [3.8, 4) is 0 Å². The van der Waals surface area contributed by atoms with Gasteiger partial charge in [-0.25, -0.2) is 0 Å². The topological polar surface area (TPSA) is 50.2 Å². The Labute approximate surface area is 106 Å². The number of fused-ring (bicyclic) bond motifs is 1. The molecule has 0 aliphatic carbocycles. The number of carbonyl (C=O) groups excluding carboxylic acids is 1. The minimum Gasteiger partial charge on any atom is -0.382 e. The smallest absolute Gasteiger partial charge is 0.195 e. The Morgan fingerprint density at radius 1 is 1.28 bits per heavy atom. The van der Waals surface area contributed by atoms with Crippen LogP contribution in [0.3, 0.4) is 0 Å². The number of aromatic nitrogens is 1. The molecular formula is C15H17NO2. The van der Waals surface area contributed by atoms with Gasteiger partial charge in [-0.1, -0.05) is 32.0 Å². The summed E-state index contributed by atoms with van der Waals surface area (Å²) in [5.74, 6) is -0.245. The highest BCUT2D eigenvalue weighted by molar-refractivity contribution is 6.04. The number of rotatable bonds is 4. The molecular weight excluding hydrogens is 226 g/mol. The maximum absolute atomic E-state index is 12.3. The molecule has 3 heteroatoms. The van der Waals surface area contributed by atoms with E-state index in [1.165, 1.54) is 0 Å². The summed E-state index contributed by atoms with van der Waals surface area (Å²) in [5, 5.41) is 11.2. The van der Waals surface area contributed by atoms with E-state index in [1.54, 1.807) is 12.3 Å². The van der Waals surface area contributed by atoms with E-state index in [0.29, 0.717) is 18.4 Å². The zero-order chi connectivity index (χ0) is 13.2. The first-order chi connectivity index (χ1) is 8.60. The highest BCUT2D eigenvalue weighted by atomic mass is 16.3. The average Bonchev–Trinajstić information content (AvgIpc) is 2.45. The minimum atomic E-state index is -1.27. The predicted molar refractivity (Wildman–Crippen MR) is 71.6 cm³/mol. The number of aliphatic hydroxyl groups is 1. The summed E-state index contributed by atoms with van der Waals surface area (Å²) in [5.41, 5.74) is 0.0509. The molecule has 0 saturated carbocycles. The lowest BCUT2D eigenvalue weighted by atomic mass is 9.88. The van der Waals surface area contributed by atoms with Crippen molar-refractivity contribution in [2.45, 2.75) is 32.3 Å². The number of carbonyl (C=O) groups is 1. The Bertz CT molecular complexity index is 573. The molecule has 0 unspecified atom stereocenters. The largest absolute Gasteiger partial charge is 0.382 e. The molecule has 0 aliphatic rings. The van der Waals surface area contributed by atoms with E-state index in [-0.39, 0.29) is 5.78 Å². The van der Waals surface area contributed by atoms with Crippen LogP contribution in [0.1, 0.15) is 37.0 Å². The van der Waals surface area contributed by atoms with Gasteiger partial charge in [0.15, 0.2) is 5.78 Å². The lowest BCUT2D eigenvalue weighted by molar-refractivity contribution is 0.0277. The molecule has 1 aromatic heterocycles. The van der Waals surface area contributed by atoms with Crippen molar-refractivity contribution >= 4 is 16.7 Å². The fourth-order valence-electron chi connectivity index (χ4n) is 2.03. The second kappa shape index (κ2) is 4.86. The van der Waals surface area contributed by atoms with Crippen LogP contribution in [-0.4, -0.2) is 21.5 Å². The summed E-state index contributed by atoms with van der Waals surface area (Å²) < 4.78 is 0. The van der Waals surface area contributed by atoms with Crippen LogP contribution in [0.5, 0.6) is 0 Å². The first-order valence-corrected chi connectivity index (χ1v) is 6.22. The molecule has 0 amide bonds. The van der Waals surface area contributed by atoms with Crippen LogP contribution in [0.4, 0.5) is 0 Å². The van der Waals surface area contributed by atoms with Crippen LogP contribution >= 0.6 is 0 Å². The van der Waals surface area contributed by atoms with E-state index >= 15 is 0 Å². The summed E-state index contributed by atoms with van der Waals surface area (Å²) in [6, 6.07) is 9.42. The number of pyridine rings is 1. The Morgan fingerprint density at radius 2 is 1.94 bits per heavy atom. The number of Topliss-reactive ketones (excluding diaryl/α,β-unsaturated/α-hetero) is 1. The highest BCUT2D eigenvalue weighted by Gasteiger charge is 2.32. The number of hydrogen-bond acceptors (Lipinski definition) is 3. The lowest BCUT2D eigenvalue weighted by Crippen LogP contribution is -2.37. The zero-order valence-electron chi connectivity index (χ0n) is 10.7. The molecule has 18 heavy (non-hydrogen) atoms. The number of hydrogen-bond donors (Lipinski definition) is 1. The molecule has 1 N–H and O–H groups in total. The molecule has 0 aliphatic heterocycles. The maximum Gasteiger partial charge on any atom is 0.195 e. The van der Waals surface area contributed by atoms with Gasteiger partial charge >= 0.3 is 0 Å². The van der Waals surface area contributed by atoms with E-state index in [1.807, 2.05) is 38.1 Å². The lowest BCUT2D eigenvalue weighted by Gasteiger charge is -2.23. The molecule has 0 bridgehead atoms. The molecule has 94 valence electrons. The minimum absolute atomic E-state index is 0.245. The number of nitrogens with zero attached hydrogens (tertiary/aromatic N) is 1. The van der Waals surface area contributed by atoms with Gasteiger partial charge < -0.3 is 5.11 Å². The van der Waals surface area contributed by atoms with Crippen LogP contribution in [0, 0.1) is 0 Å². The van der Waals surface area contributed by atoms with Gasteiger partial charge in [-0.2, -0.15) is 0 Å². The summed E-state index contributed by atoms with van der Waals surface area (Å²) in [7, 11) is 0. The van der Waals surface area contributed by atoms with Crippen molar-refractivity contribution in [3.05, 3.63) is 42.1 Å². The molecule has 1 aromatic carbocycles. The number of ketones is 1. The van der Waals surface area contributed by atoms with Crippen LogP contribution in [-0.2, 0) is 0 Å². The second-order valence-corrected chi connectivity index (χ2v) is 4.48. The Morgan fingerprint density at radius 3 is 2.61 bits per heavy atom. The summed E-state index contributed by atoms with van der Waals surface area (Å²) in [4.78, 5) is 16.5. The Hall–Kier alpha value is -1.74. The molecule has 0 saturated heterocycles. The molecule has 0 spiro atoms. The molecule has 0 radical (unpaired) electrons. The molecule has 3 nitrogen and oxygen atoms in total. The van der Waals surface area contributed by atoms with Crippen molar-refractivity contribution in [3.63, 3.8) is 0 Å². The maximum atomic E-state index is 12.3. The van der Waals surface area contributed by atoms with Crippen molar-refractivity contribution in [1.29, 1.82) is 0 Å². The molecule has 0 atom stereocenters. The standard InChI is InChI=1S/C15H17NO2/c1-3-15(18,4-2)14(17)12-9-11-7-5-6-8-13(11)16-10-12/h5-10,18H,3-4H2,1-2H3. The predicted octanol–water partition coefficient (Wildman–Crippen LogP) is 2.97. The van der Waals surface area contributed by atoms with Crippen LogP contribution in [0.15, 0.2) is 36.5 Å². The van der Waals surface area contributed by atoms with E-state index in [2.05, 4.69) is 4.98 Å². The van der Waals surface area contributed by atoms with E-state index in [4.69, 9.17) is 0 Å². The van der Waals surface area contributed by atoms with Gasteiger partial charge in [0.1, 0.15) is 5.60 Å². The van der Waals surface area contributed by atoms with Gasteiger partial charge in [0.2, 0.25) is 0 Å². The first kappa shape index (κ1) is 12.7. The Balaban J connectivity index is 2.45. The third-order valence-electron chi connectivity index (χ3n) is 3.45. The van der Waals surface area contributed by atoms with E-state index in [9.17, 15) is 9.90 Å². The zero-order valence-corrected chi connectivity index (χ0v) is 10.7. The number of benzene rings is 1. The molecule has 0 fully saturated rings. The summed E-state index contributed by atoms with van der Waals surface area (Å²) in [6.45, 7) is 3.63. The second-order valence-electron chi connectivity index (χ2n) is 4.48. The van der Waals surface area contributed by atoms with Gasteiger partial charge in [0.05, 0.1) is 5.52 Å². The average molecular weight is 243 g/mol. The fourth-order valence-corrected chi connectivity index (χ4v) is 2.03. The highest BCUT2D eigenvalue weighted by Crippen LogP contribution is 2.22. The van der Waals surface area contributed by atoms with E-state index < -0.39 is 5.60 Å². The quantitative estimate of drug-likeness (QED) is 0.840. The van der Waals surface area contributed by atoms with Crippen LogP contribution in [0.25, 0.3) is 10.9 Å². The van der Waals surface area contributed by atoms with Crippen molar-refractivity contribution < 1.29 is 9.90 Å². The first-order valence-electron chi connectivity index (χ1n) is 6.22. The SMILES string of the molecule is CCC(O)(CC)C(=O)c1cnc2ccccc2c1. The van der Waals surface area contributed by atoms with Crippen LogP contribution < -0.4 is 0 Å². The molecule has 2 rings (SSSR count). The monoisotopic (exact) mass is 243 g/mol. The van der Waals surface area contributed by atoms with Crippen LogP contribution in [0.2, 0.25) is 0 Å². The van der Waals surface area contributed by atoms with E-state index in [0.717, 1.165) is 10.9 Å². The van der Waals surface area contributed by atoms with Crippen molar-refractivity contribution in [2.75, 3.05) is 0 Å². The van der Waals surface area contributed by atoms with Crippen molar-refractivity contribution in [2.24, 2.45) is 0 Å². The third kappa shape index (κ3) is 2.14. The van der Waals surface area contributed by atoms with Gasteiger partial charge in [0.25, 0.3) is 0 Å². The fraction of sp³-hybridized carbons (Fsp3) is 0.333. The normalized spacial score (nSPS) is 11.7.